The van der Waals surface area contributed by atoms with Crippen molar-refractivity contribution in [3.8, 4) is 0 Å². The fraction of sp³-hybridized carbons (Fsp3) is 0.263. The molecule has 0 saturated heterocycles. The molecule has 2 aromatic rings. The smallest absolute Gasteiger partial charge is 0.253 e. The van der Waals surface area contributed by atoms with Gasteiger partial charge in [0.15, 0.2) is 0 Å². The van der Waals surface area contributed by atoms with E-state index >= 15 is 0 Å². The third kappa shape index (κ3) is 4.95. The Labute approximate surface area is 136 Å². The maximum absolute atomic E-state index is 12.4. The number of benzene rings is 2. The van der Waals surface area contributed by atoms with Crippen LogP contribution in [0, 0.1) is 6.92 Å². The Kier molecular flexibility index (Phi) is 5.92. The van der Waals surface area contributed by atoms with Crippen LogP contribution in [-0.4, -0.2) is 11.8 Å². The molecule has 0 aromatic heterocycles. The third-order valence-corrected chi connectivity index (χ3v) is 3.50. The monoisotopic (exact) mass is 310 g/mol. The van der Waals surface area contributed by atoms with Gasteiger partial charge in [-0.2, -0.15) is 0 Å². The van der Waals surface area contributed by atoms with Crippen LogP contribution in [0.2, 0.25) is 0 Å². The highest BCUT2D eigenvalue weighted by atomic mass is 16.2. The number of para-hydroxylation sites is 1. The van der Waals surface area contributed by atoms with Crippen LogP contribution in [0.1, 0.15) is 41.3 Å². The number of carbonyl (C=O) groups excluding carboxylic acids is 2. The van der Waals surface area contributed by atoms with E-state index in [9.17, 15) is 9.59 Å². The highest BCUT2D eigenvalue weighted by molar-refractivity contribution is 6.03. The maximum atomic E-state index is 12.4. The van der Waals surface area contributed by atoms with Crippen LogP contribution in [0.3, 0.4) is 0 Å². The molecule has 0 atom stereocenters. The minimum atomic E-state index is -0.196. The lowest BCUT2D eigenvalue weighted by atomic mass is 10.1. The second-order valence-corrected chi connectivity index (χ2v) is 5.51. The van der Waals surface area contributed by atoms with Gasteiger partial charge >= 0.3 is 0 Å². The van der Waals surface area contributed by atoms with Gasteiger partial charge in [-0.15, -0.1) is 0 Å². The number of hydrogen-bond acceptors (Lipinski definition) is 2. The van der Waals surface area contributed by atoms with Crippen LogP contribution in [0.15, 0.2) is 48.5 Å². The molecule has 4 nitrogen and oxygen atoms in total. The Morgan fingerprint density at radius 2 is 1.70 bits per heavy atom. The van der Waals surface area contributed by atoms with E-state index in [0.29, 0.717) is 24.2 Å². The molecule has 0 heterocycles. The Hall–Kier alpha value is -2.62. The van der Waals surface area contributed by atoms with Crippen molar-refractivity contribution in [1.82, 2.24) is 5.32 Å². The normalized spacial score (nSPS) is 10.2. The average molecular weight is 310 g/mol. The van der Waals surface area contributed by atoms with E-state index in [4.69, 9.17) is 0 Å². The van der Waals surface area contributed by atoms with E-state index in [1.807, 2.05) is 38.1 Å². The second kappa shape index (κ2) is 8.13. The number of anilines is 1. The van der Waals surface area contributed by atoms with Crippen molar-refractivity contribution in [2.24, 2.45) is 0 Å². The van der Waals surface area contributed by atoms with Crippen LogP contribution in [-0.2, 0) is 11.3 Å². The largest absolute Gasteiger partial charge is 0.348 e. The summed E-state index contributed by atoms with van der Waals surface area (Å²) in [4.78, 5) is 24.1. The molecule has 0 fully saturated rings. The van der Waals surface area contributed by atoms with Crippen molar-refractivity contribution in [2.75, 3.05) is 5.32 Å². The lowest BCUT2D eigenvalue weighted by Gasteiger charge is -2.11. The van der Waals surface area contributed by atoms with Gasteiger partial charge in [0, 0.05) is 13.0 Å². The molecule has 120 valence electrons. The van der Waals surface area contributed by atoms with Gasteiger partial charge < -0.3 is 10.6 Å². The molecule has 2 aromatic carbocycles. The Morgan fingerprint density at radius 3 is 2.39 bits per heavy atom. The summed E-state index contributed by atoms with van der Waals surface area (Å²) < 4.78 is 0. The Balaban J connectivity index is 2.04. The highest BCUT2D eigenvalue weighted by Gasteiger charge is 2.12. The first-order chi connectivity index (χ1) is 11.1. The number of carbonyl (C=O) groups is 2. The summed E-state index contributed by atoms with van der Waals surface area (Å²) in [6, 6.07) is 15.1. The van der Waals surface area contributed by atoms with Gasteiger partial charge in [0.1, 0.15) is 0 Å². The van der Waals surface area contributed by atoms with Crippen molar-refractivity contribution in [3.63, 3.8) is 0 Å². The molecule has 0 aliphatic heterocycles. The molecule has 0 radical (unpaired) electrons. The zero-order valence-corrected chi connectivity index (χ0v) is 13.6. The van der Waals surface area contributed by atoms with Crippen LogP contribution >= 0.6 is 0 Å². The molecule has 0 spiro atoms. The fourth-order valence-corrected chi connectivity index (χ4v) is 2.21. The summed E-state index contributed by atoms with van der Waals surface area (Å²) >= 11 is 0. The molecular weight excluding hydrogens is 288 g/mol. The average Bonchev–Trinajstić information content (AvgIpc) is 2.55. The molecule has 0 saturated carbocycles. The Bertz CT molecular complexity index is 678. The van der Waals surface area contributed by atoms with E-state index in [-0.39, 0.29) is 11.8 Å². The lowest BCUT2D eigenvalue weighted by Crippen LogP contribution is -2.24. The van der Waals surface area contributed by atoms with E-state index in [1.54, 1.807) is 24.3 Å². The van der Waals surface area contributed by atoms with Gasteiger partial charge in [0.2, 0.25) is 5.91 Å². The number of hydrogen-bond donors (Lipinski definition) is 2. The summed E-state index contributed by atoms with van der Waals surface area (Å²) in [7, 11) is 0. The van der Waals surface area contributed by atoms with Crippen molar-refractivity contribution >= 4 is 17.5 Å². The quantitative estimate of drug-likeness (QED) is 0.855. The Morgan fingerprint density at radius 1 is 1.00 bits per heavy atom. The summed E-state index contributed by atoms with van der Waals surface area (Å²) in [6.45, 7) is 4.42. The summed E-state index contributed by atoms with van der Waals surface area (Å²) in [5.74, 6) is -0.274. The van der Waals surface area contributed by atoms with E-state index in [1.165, 1.54) is 5.56 Å². The summed E-state index contributed by atoms with van der Waals surface area (Å²) in [6.07, 6.45) is 1.22. The minimum Gasteiger partial charge on any atom is -0.348 e. The topological polar surface area (TPSA) is 58.2 Å². The SMILES string of the molecule is CCCC(=O)Nc1ccccc1C(=O)NCc1ccc(C)cc1. The van der Waals surface area contributed by atoms with Gasteiger partial charge in [-0.25, -0.2) is 0 Å². The predicted octanol–water partition coefficient (Wildman–Crippen LogP) is 3.66. The second-order valence-electron chi connectivity index (χ2n) is 5.51. The van der Waals surface area contributed by atoms with Crippen molar-refractivity contribution < 1.29 is 9.59 Å². The fourth-order valence-electron chi connectivity index (χ4n) is 2.21. The van der Waals surface area contributed by atoms with Crippen molar-refractivity contribution in [2.45, 2.75) is 33.2 Å². The van der Waals surface area contributed by atoms with Crippen LogP contribution in [0.5, 0.6) is 0 Å². The first-order valence-corrected chi connectivity index (χ1v) is 7.82. The highest BCUT2D eigenvalue weighted by Crippen LogP contribution is 2.16. The van der Waals surface area contributed by atoms with Gasteiger partial charge in [-0.3, -0.25) is 9.59 Å². The number of nitrogens with one attached hydrogen (secondary N) is 2. The zero-order valence-electron chi connectivity index (χ0n) is 13.6. The zero-order chi connectivity index (χ0) is 16.7. The van der Waals surface area contributed by atoms with Crippen molar-refractivity contribution in [3.05, 3.63) is 65.2 Å². The molecule has 0 aliphatic rings. The minimum absolute atomic E-state index is 0.0775. The van der Waals surface area contributed by atoms with Crippen LogP contribution in [0.4, 0.5) is 5.69 Å². The third-order valence-electron chi connectivity index (χ3n) is 3.50. The lowest BCUT2D eigenvalue weighted by molar-refractivity contribution is -0.116. The molecule has 2 N–H and O–H groups in total. The van der Waals surface area contributed by atoms with Crippen molar-refractivity contribution in [1.29, 1.82) is 0 Å². The van der Waals surface area contributed by atoms with Gasteiger partial charge in [-0.1, -0.05) is 48.9 Å². The van der Waals surface area contributed by atoms with Crippen LogP contribution < -0.4 is 10.6 Å². The van der Waals surface area contributed by atoms with Gasteiger partial charge in [-0.05, 0) is 31.0 Å². The van der Waals surface area contributed by atoms with Gasteiger partial charge in [0.05, 0.1) is 11.3 Å². The van der Waals surface area contributed by atoms with E-state index in [2.05, 4.69) is 10.6 Å². The number of amides is 2. The van der Waals surface area contributed by atoms with E-state index in [0.717, 1.165) is 12.0 Å². The summed E-state index contributed by atoms with van der Waals surface area (Å²) in [5, 5.41) is 5.69. The standard InChI is InChI=1S/C19H22N2O2/c1-3-6-18(22)21-17-8-5-4-7-16(17)19(23)20-13-15-11-9-14(2)10-12-15/h4-5,7-12H,3,6,13H2,1-2H3,(H,20,23)(H,21,22). The molecule has 0 bridgehead atoms. The molecule has 0 aliphatic carbocycles. The van der Waals surface area contributed by atoms with Crippen LogP contribution in [0.25, 0.3) is 0 Å². The summed E-state index contributed by atoms with van der Waals surface area (Å²) in [5.41, 5.74) is 3.25. The first-order valence-electron chi connectivity index (χ1n) is 7.82. The molecule has 23 heavy (non-hydrogen) atoms. The molecular formula is C19H22N2O2. The molecule has 4 heteroatoms. The number of rotatable bonds is 6. The molecule has 0 unspecified atom stereocenters. The molecule has 2 rings (SSSR count). The van der Waals surface area contributed by atoms with Gasteiger partial charge in [0.25, 0.3) is 5.91 Å². The van der Waals surface area contributed by atoms with E-state index < -0.39 is 0 Å². The first kappa shape index (κ1) is 16.7. The molecule has 2 amide bonds. The maximum Gasteiger partial charge on any atom is 0.253 e. The number of aryl methyl sites for hydroxylation is 1. The predicted molar refractivity (Wildman–Crippen MR) is 92.3 cm³/mol.